The molecule has 0 aliphatic carbocycles. The third-order valence-corrected chi connectivity index (χ3v) is 11.3. The monoisotopic (exact) mass is 815 g/mol. The molecular weight excluding hydrogens is 749 g/mol. The number of carbonyl (C=O) groups excluding carboxylic acids is 6. The van der Waals surface area contributed by atoms with E-state index in [1.165, 1.54) is 0 Å². The van der Waals surface area contributed by atoms with Crippen molar-refractivity contribution in [3.63, 3.8) is 0 Å². The zero-order valence-electron chi connectivity index (χ0n) is 35.2. The molecule has 0 saturated carbocycles. The average molecular weight is 815 g/mol. The summed E-state index contributed by atoms with van der Waals surface area (Å²) >= 11 is 0. The summed E-state index contributed by atoms with van der Waals surface area (Å²) < 4.78 is 0. The summed E-state index contributed by atoms with van der Waals surface area (Å²) in [4.78, 5) is 88.9. The SMILES string of the molecule is CC[C@H](C)[C@H](CC(=O)[C@H](Cc1ccccc1)NC(=O)[C@H](C)CC(=O)[C@H](Cc1c[nH]c2ccccc12)NC(=O)[C@H](CCCCN)CC(=O)[C@@H](C)CCCN=C(N)N)C(N)=O. The van der Waals surface area contributed by atoms with Crippen LogP contribution in [0.15, 0.2) is 65.8 Å². The second-order valence-electron chi connectivity index (χ2n) is 16.0. The molecule has 0 fully saturated rings. The van der Waals surface area contributed by atoms with Crippen molar-refractivity contribution in [2.75, 3.05) is 13.1 Å². The van der Waals surface area contributed by atoms with Crippen molar-refractivity contribution < 1.29 is 28.8 Å². The van der Waals surface area contributed by atoms with Crippen LogP contribution in [-0.2, 0) is 41.6 Å². The fourth-order valence-corrected chi connectivity index (χ4v) is 7.30. The molecule has 14 nitrogen and oxygen atoms in total. The molecule has 0 unspecified atom stereocenters. The molecule has 59 heavy (non-hydrogen) atoms. The Morgan fingerprint density at radius 1 is 0.712 bits per heavy atom. The number of primary amides is 1. The Hall–Kier alpha value is -5.37. The predicted octanol–water partition coefficient (Wildman–Crippen LogP) is 4.02. The van der Waals surface area contributed by atoms with Crippen LogP contribution in [0.25, 0.3) is 10.9 Å². The number of amides is 3. The number of H-pyrrole nitrogens is 1. The third-order valence-electron chi connectivity index (χ3n) is 11.3. The molecule has 11 N–H and O–H groups in total. The first-order valence-corrected chi connectivity index (χ1v) is 21.0. The summed E-state index contributed by atoms with van der Waals surface area (Å²) in [6, 6.07) is 14.9. The van der Waals surface area contributed by atoms with E-state index < -0.39 is 47.6 Å². The highest BCUT2D eigenvalue weighted by Gasteiger charge is 2.33. The standard InChI is InChI=1S/C45H66N8O6/c1-5-28(2)35(42(47)57)26-41(56)37(23-31-15-7-6-8-16-31)52-43(58)30(4)22-40(55)38(24-33-27-51-36-19-10-9-18-34(33)36)53-44(59)32(17-11-12-20-46)25-39(54)29(3)14-13-21-50-45(48)49/h6-10,15-16,18-19,27-30,32,35,37-38,51H,5,11-14,17,20-26,46H2,1-4H3,(H2,47,57)(H,52,58)(H,53,59)(H4,48,49,50)/t28-,29-,30+,32+,35-,37-,38-/m0/s1. The van der Waals surface area contributed by atoms with Crippen molar-refractivity contribution >= 4 is 51.9 Å². The van der Waals surface area contributed by atoms with E-state index in [4.69, 9.17) is 22.9 Å². The molecule has 1 heterocycles. The zero-order chi connectivity index (χ0) is 43.5. The number of para-hydroxylation sites is 1. The number of hydrogen-bond donors (Lipinski definition) is 7. The van der Waals surface area contributed by atoms with Crippen LogP contribution in [-0.4, -0.2) is 71.2 Å². The van der Waals surface area contributed by atoms with Crippen molar-refractivity contribution in [1.82, 2.24) is 15.6 Å². The Balaban J connectivity index is 1.84. The number of unbranched alkanes of at least 4 members (excludes halogenated alkanes) is 1. The lowest BCUT2D eigenvalue weighted by atomic mass is 9.84. The number of aromatic nitrogens is 1. The fourth-order valence-electron chi connectivity index (χ4n) is 7.30. The van der Waals surface area contributed by atoms with Crippen molar-refractivity contribution in [2.45, 2.75) is 110 Å². The number of ketones is 3. The Morgan fingerprint density at radius 3 is 2.02 bits per heavy atom. The fraction of sp³-hybridized carbons (Fsp3) is 0.533. The molecule has 0 bridgehead atoms. The molecule has 322 valence electrons. The van der Waals surface area contributed by atoms with Crippen LogP contribution in [0, 0.1) is 29.6 Å². The minimum absolute atomic E-state index is 0.00283. The van der Waals surface area contributed by atoms with Crippen LogP contribution in [0.2, 0.25) is 0 Å². The van der Waals surface area contributed by atoms with Crippen molar-refractivity contribution in [1.29, 1.82) is 0 Å². The first-order chi connectivity index (χ1) is 28.1. The van der Waals surface area contributed by atoms with Gasteiger partial charge in [0.25, 0.3) is 0 Å². The number of aliphatic imine (C=N–C) groups is 1. The number of Topliss-reactive ketones (excluding diaryl/α,β-unsaturated/α-hetero) is 3. The average Bonchev–Trinajstić information content (AvgIpc) is 3.62. The second kappa shape index (κ2) is 24.5. The van der Waals surface area contributed by atoms with E-state index in [1.807, 2.05) is 75.4 Å². The summed E-state index contributed by atoms with van der Waals surface area (Å²) in [5.41, 5.74) is 24.8. The van der Waals surface area contributed by atoms with E-state index in [0.717, 1.165) is 22.0 Å². The number of guanidine groups is 1. The number of aromatic amines is 1. The van der Waals surface area contributed by atoms with E-state index in [0.29, 0.717) is 51.6 Å². The van der Waals surface area contributed by atoms with Gasteiger partial charge in [-0.05, 0) is 61.8 Å². The van der Waals surface area contributed by atoms with Gasteiger partial charge in [-0.1, -0.05) is 89.1 Å². The lowest BCUT2D eigenvalue weighted by Gasteiger charge is -2.25. The van der Waals surface area contributed by atoms with Crippen LogP contribution < -0.4 is 33.6 Å². The number of fused-ring (bicyclic) bond motifs is 1. The summed E-state index contributed by atoms with van der Waals surface area (Å²) in [5, 5.41) is 6.74. The number of hydrogen-bond acceptors (Lipinski definition) is 8. The van der Waals surface area contributed by atoms with Crippen LogP contribution >= 0.6 is 0 Å². The highest BCUT2D eigenvalue weighted by Crippen LogP contribution is 2.24. The normalized spacial score (nSPS) is 14.9. The number of carbonyl (C=O) groups is 6. The topological polar surface area (TPSA) is 259 Å². The zero-order valence-corrected chi connectivity index (χ0v) is 35.2. The molecular formula is C45H66N8O6. The Morgan fingerprint density at radius 2 is 1.36 bits per heavy atom. The quantitative estimate of drug-likeness (QED) is 0.0317. The first-order valence-electron chi connectivity index (χ1n) is 21.0. The maximum absolute atomic E-state index is 14.3. The first kappa shape index (κ1) is 48.0. The molecule has 3 rings (SSSR count). The summed E-state index contributed by atoms with van der Waals surface area (Å²) in [6.45, 7) is 8.05. The number of rotatable bonds is 28. The lowest BCUT2D eigenvalue weighted by Crippen LogP contribution is -2.48. The van der Waals surface area contributed by atoms with Crippen molar-refractivity contribution in [2.24, 2.45) is 57.5 Å². The van der Waals surface area contributed by atoms with E-state index in [9.17, 15) is 28.8 Å². The molecule has 0 aliphatic rings. The Labute approximate surface area is 348 Å². The summed E-state index contributed by atoms with van der Waals surface area (Å²) in [6.07, 6.45) is 5.30. The third kappa shape index (κ3) is 15.7. The summed E-state index contributed by atoms with van der Waals surface area (Å²) in [5.74, 6) is -5.00. The summed E-state index contributed by atoms with van der Waals surface area (Å²) in [7, 11) is 0. The van der Waals surface area contributed by atoms with Crippen LogP contribution in [0.1, 0.15) is 96.6 Å². The molecule has 14 heteroatoms. The van der Waals surface area contributed by atoms with E-state index in [1.54, 1.807) is 13.1 Å². The van der Waals surface area contributed by atoms with Gasteiger partial charge < -0.3 is 38.6 Å². The van der Waals surface area contributed by atoms with Crippen LogP contribution in [0.3, 0.4) is 0 Å². The van der Waals surface area contributed by atoms with E-state index in [2.05, 4.69) is 20.6 Å². The smallest absolute Gasteiger partial charge is 0.224 e. The maximum Gasteiger partial charge on any atom is 0.224 e. The van der Waals surface area contributed by atoms with E-state index >= 15 is 0 Å². The number of nitrogens with two attached hydrogens (primary N) is 4. The van der Waals surface area contributed by atoms with E-state index in [-0.39, 0.29) is 67.2 Å². The van der Waals surface area contributed by atoms with Crippen LogP contribution in [0.5, 0.6) is 0 Å². The molecule has 2 aromatic carbocycles. The molecule has 0 spiro atoms. The largest absolute Gasteiger partial charge is 0.370 e. The molecule has 1 aromatic heterocycles. The number of benzene rings is 2. The van der Waals surface area contributed by atoms with Gasteiger partial charge in [-0.25, -0.2) is 0 Å². The van der Waals surface area contributed by atoms with Gasteiger partial charge in [0.2, 0.25) is 17.7 Å². The maximum atomic E-state index is 14.3. The van der Waals surface area contributed by atoms with Gasteiger partial charge in [-0.3, -0.25) is 33.8 Å². The highest BCUT2D eigenvalue weighted by atomic mass is 16.2. The second-order valence-corrected chi connectivity index (χ2v) is 16.0. The van der Waals surface area contributed by atoms with Gasteiger partial charge in [0.05, 0.1) is 12.1 Å². The Kier molecular flexibility index (Phi) is 20.0. The molecule has 3 amide bonds. The molecule has 3 aromatic rings. The van der Waals surface area contributed by atoms with Gasteiger partial charge in [-0.2, -0.15) is 0 Å². The van der Waals surface area contributed by atoms with Gasteiger partial charge >= 0.3 is 0 Å². The molecule has 0 saturated heterocycles. The van der Waals surface area contributed by atoms with Gasteiger partial charge in [0.1, 0.15) is 5.78 Å². The minimum atomic E-state index is -1.02. The molecule has 0 radical (unpaired) electrons. The van der Waals surface area contributed by atoms with Crippen molar-refractivity contribution in [3.8, 4) is 0 Å². The van der Waals surface area contributed by atoms with Gasteiger partial charge in [0, 0.05) is 73.0 Å². The predicted molar refractivity (Wildman–Crippen MR) is 232 cm³/mol. The van der Waals surface area contributed by atoms with Crippen molar-refractivity contribution in [3.05, 3.63) is 71.9 Å². The van der Waals surface area contributed by atoms with Gasteiger partial charge in [0.15, 0.2) is 17.5 Å². The highest BCUT2D eigenvalue weighted by molar-refractivity contribution is 5.97. The number of nitrogens with one attached hydrogen (secondary N) is 3. The number of nitrogens with zero attached hydrogens (tertiary/aromatic N) is 1. The lowest BCUT2D eigenvalue weighted by molar-refractivity contribution is -0.135. The molecule has 7 atom stereocenters. The minimum Gasteiger partial charge on any atom is -0.370 e. The Bertz CT molecular complexity index is 1870. The van der Waals surface area contributed by atoms with Gasteiger partial charge in [-0.15, -0.1) is 0 Å². The molecule has 0 aliphatic heterocycles. The van der Waals surface area contributed by atoms with Crippen LogP contribution in [0.4, 0.5) is 0 Å².